The van der Waals surface area contributed by atoms with E-state index in [2.05, 4.69) is 23.2 Å². The van der Waals surface area contributed by atoms with Crippen LogP contribution in [0.1, 0.15) is 13.8 Å². The Morgan fingerprint density at radius 1 is 1.11 bits per heavy atom. The standard InChI is InChI=1S/C2HCl2F3.C2H6/c3-1(4)2(5,6)7;1-2/h1H;1-2H3. The first kappa shape index (κ1) is 12.1. The molecule has 0 atom stereocenters. The zero-order valence-electron chi connectivity index (χ0n) is 4.97. The average molecular weight is 183 g/mol. The molecule has 0 aliphatic heterocycles. The van der Waals surface area contributed by atoms with Crippen LogP contribution in [0.15, 0.2) is 0 Å². The van der Waals surface area contributed by atoms with Crippen molar-refractivity contribution in [1.82, 2.24) is 0 Å². The third-order valence-corrected chi connectivity index (χ3v) is 0.742. The predicted octanol–water partition coefficient (Wildman–Crippen LogP) is 3.38. The second-order valence-electron chi connectivity index (χ2n) is 0.842. The van der Waals surface area contributed by atoms with Crippen molar-refractivity contribution in [2.75, 3.05) is 0 Å². The lowest BCUT2D eigenvalue weighted by molar-refractivity contribution is -0.115. The molecule has 0 saturated carbocycles. The summed E-state index contributed by atoms with van der Waals surface area (Å²) in [6.45, 7) is 4.00. The van der Waals surface area contributed by atoms with E-state index >= 15 is 0 Å². The van der Waals surface area contributed by atoms with E-state index in [0.717, 1.165) is 0 Å². The Bertz CT molecular complexity index is 59.3. The fourth-order valence-electron chi connectivity index (χ4n) is 0. The molecular formula is C4H7Cl2F3. The molecule has 0 nitrogen and oxygen atoms in total. The Balaban J connectivity index is 0. The highest BCUT2D eigenvalue weighted by Crippen LogP contribution is 2.26. The van der Waals surface area contributed by atoms with Crippen molar-refractivity contribution in [3.05, 3.63) is 0 Å². The molecule has 0 unspecified atom stereocenters. The Labute approximate surface area is 61.9 Å². The molecule has 0 bridgehead atoms. The molecule has 0 radical (unpaired) electrons. The van der Waals surface area contributed by atoms with Crippen molar-refractivity contribution < 1.29 is 13.2 Å². The Morgan fingerprint density at radius 2 is 1.22 bits per heavy atom. The third-order valence-electron chi connectivity index (χ3n) is 0.247. The van der Waals surface area contributed by atoms with Crippen LogP contribution >= 0.6 is 23.2 Å². The highest BCUT2D eigenvalue weighted by atomic mass is 35.5. The molecule has 0 rings (SSSR count). The molecule has 9 heavy (non-hydrogen) atoms. The van der Waals surface area contributed by atoms with Crippen LogP contribution in [0, 0.1) is 0 Å². The van der Waals surface area contributed by atoms with E-state index in [0.29, 0.717) is 0 Å². The van der Waals surface area contributed by atoms with E-state index in [9.17, 15) is 13.2 Å². The van der Waals surface area contributed by atoms with Crippen molar-refractivity contribution in [2.45, 2.75) is 24.9 Å². The van der Waals surface area contributed by atoms with E-state index in [1.165, 1.54) is 0 Å². The number of hydrogen-bond acceptors (Lipinski definition) is 0. The predicted molar refractivity (Wildman–Crippen MR) is 32.9 cm³/mol. The highest BCUT2D eigenvalue weighted by Gasteiger charge is 2.36. The lowest BCUT2D eigenvalue weighted by Crippen LogP contribution is -2.16. The Kier molecular flexibility index (Phi) is 6.95. The molecule has 0 heterocycles. The summed E-state index contributed by atoms with van der Waals surface area (Å²) in [7, 11) is 0. The molecule has 0 N–H and O–H groups in total. The average Bonchev–Trinajstić information content (AvgIpc) is 1.69. The number of hydrogen-bond donors (Lipinski definition) is 0. The molecule has 58 valence electrons. The van der Waals surface area contributed by atoms with Crippen molar-refractivity contribution in [2.24, 2.45) is 0 Å². The maximum absolute atomic E-state index is 10.9. The summed E-state index contributed by atoms with van der Waals surface area (Å²) in [6, 6.07) is 0. The van der Waals surface area contributed by atoms with Crippen LogP contribution in [0.2, 0.25) is 0 Å². The smallest absolute Gasteiger partial charge is 0.168 e. The fourth-order valence-corrected chi connectivity index (χ4v) is 0. The normalized spacial score (nSPS) is 10.7. The molecule has 0 aromatic carbocycles. The first-order valence-electron chi connectivity index (χ1n) is 2.29. The second-order valence-corrected chi connectivity index (χ2v) is 1.94. The summed E-state index contributed by atoms with van der Waals surface area (Å²) in [6.07, 6.45) is -4.47. The van der Waals surface area contributed by atoms with Gasteiger partial charge in [-0.25, -0.2) is 0 Å². The molecule has 0 aromatic rings. The second kappa shape index (κ2) is 5.18. The van der Waals surface area contributed by atoms with Crippen LogP contribution in [0.3, 0.4) is 0 Å². The summed E-state index contributed by atoms with van der Waals surface area (Å²) in [4.78, 5) is -2.26. The number of halogens is 5. The van der Waals surface area contributed by atoms with E-state index < -0.39 is 11.0 Å². The van der Waals surface area contributed by atoms with E-state index in [1.54, 1.807) is 0 Å². The van der Waals surface area contributed by atoms with Gasteiger partial charge in [-0.1, -0.05) is 37.0 Å². The summed E-state index contributed by atoms with van der Waals surface area (Å²) < 4.78 is 32.7. The van der Waals surface area contributed by atoms with Crippen molar-refractivity contribution in [3.8, 4) is 0 Å². The van der Waals surface area contributed by atoms with Gasteiger partial charge in [0.25, 0.3) is 0 Å². The van der Waals surface area contributed by atoms with Gasteiger partial charge < -0.3 is 0 Å². The van der Waals surface area contributed by atoms with Crippen LogP contribution in [-0.2, 0) is 0 Å². The van der Waals surface area contributed by atoms with Crippen LogP contribution in [-0.4, -0.2) is 11.0 Å². The van der Waals surface area contributed by atoms with E-state index in [-0.39, 0.29) is 0 Å². The van der Waals surface area contributed by atoms with Gasteiger partial charge in [-0.05, 0) is 0 Å². The fraction of sp³-hybridized carbons (Fsp3) is 1.00. The van der Waals surface area contributed by atoms with E-state index in [4.69, 9.17) is 0 Å². The summed E-state index contributed by atoms with van der Waals surface area (Å²) in [5, 5.41) is 0. The largest absolute Gasteiger partial charge is 0.418 e. The van der Waals surface area contributed by atoms with Gasteiger partial charge in [-0.15, -0.1) is 0 Å². The molecule has 0 saturated heterocycles. The SMILES string of the molecule is CC.FC(F)(F)C(Cl)Cl. The van der Waals surface area contributed by atoms with Gasteiger partial charge in [-0.3, -0.25) is 0 Å². The summed E-state index contributed by atoms with van der Waals surface area (Å²) >= 11 is 8.79. The first-order chi connectivity index (χ1) is 3.94. The Morgan fingerprint density at radius 3 is 1.22 bits per heavy atom. The van der Waals surface area contributed by atoms with Crippen LogP contribution in [0.4, 0.5) is 13.2 Å². The molecule has 0 aromatic heterocycles. The molecule has 0 amide bonds. The van der Waals surface area contributed by atoms with Gasteiger partial charge in [0.2, 0.25) is 4.84 Å². The van der Waals surface area contributed by atoms with Gasteiger partial charge in [0.15, 0.2) is 0 Å². The minimum atomic E-state index is -4.47. The lowest BCUT2D eigenvalue weighted by Gasteiger charge is -2.03. The topological polar surface area (TPSA) is 0 Å². The molecule has 0 spiro atoms. The van der Waals surface area contributed by atoms with Gasteiger partial charge in [0.1, 0.15) is 0 Å². The van der Waals surface area contributed by atoms with Gasteiger partial charge in [0.05, 0.1) is 0 Å². The lowest BCUT2D eigenvalue weighted by atomic mass is 10.8. The van der Waals surface area contributed by atoms with Crippen molar-refractivity contribution in [3.63, 3.8) is 0 Å². The quantitative estimate of drug-likeness (QED) is 0.505. The monoisotopic (exact) mass is 182 g/mol. The number of alkyl halides is 5. The van der Waals surface area contributed by atoms with Crippen LogP contribution < -0.4 is 0 Å². The number of rotatable bonds is 0. The van der Waals surface area contributed by atoms with Gasteiger partial charge in [-0.2, -0.15) is 13.2 Å². The maximum Gasteiger partial charge on any atom is 0.418 e. The van der Waals surface area contributed by atoms with Gasteiger partial charge >= 0.3 is 6.18 Å². The molecule has 0 aliphatic rings. The summed E-state index contributed by atoms with van der Waals surface area (Å²) in [5.41, 5.74) is 0. The first-order valence-corrected chi connectivity index (χ1v) is 3.16. The van der Waals surface area contributed by atoms with Crippen molar-refractivity contribution >= 4 is 23.2 Å². The van der Waals surface area contributed by atoms with Crippen LogP contribution in [0.5, 0.6) is 0 Å². The van der Waals surface area contributed by atoms with Crippen LogP contribution in [0.25, 0.3) is 0 Å². The summed E-state index contributed by atoms with van der Waals surface area (Å²) in [5.74, 6) is 0. The van der Waals surface area contributed by atoms with Gasteiger partial charge in [0, 0.05) is 0 Å². The minimum absolute atomic E-state index is 2.00. The maximum atomic E-state index is 10.9. The molecule has 5 heteroatoms. The third kappa shape index (κ3) is 8.37. The molecular weight excluding hydrogens is 176 g/mol. The van der Waals surface area contributed by atoms with E-state index in [1.807, 2.05) is 13.8 Å². The Hall–Kier alpha value is 0.370. The van der Waals surface area contributed by atoms with Crippen molar-refractivity contribution in [1.29, 1.82) is 0 Å². The zero-order valence-corrected chi connectivity index (χ0v) is 6.48. The molecule has 0 aliphatic carbocycles. The zero-order chi connectivity index (χ0) is 8.08. The minimum Gasteiger partial charge on any atom is -0.168 e. The molecule has 0 fully saturated rings. The highest BCUT2D eigenvalue weighted by molar-refractivity contribution is 6.44.